The third kappa shape index (κ3) is 18.6. The molecule has 0 radical (unpaired) electrons. The molecule has 0 aliphatic rings. The van der Waals surface area contributed by atoms with Crippen LogP contribution in [0.1, 0.15) is 71.1 Å². The summed E-state index contributed by atoms with van der Waals surface area (Å²) in [6.45, 7) is 2.11. The quantitative estimate of drug-likeness (QED) is 0.0761. The van der Waals surface area contributed by atoms with Crippen LogP contribution in [0.4, 0.5) is 0 Å². The molecule has 0 unspecified atom stereocenters. The van der Waals surface area contributed by atoms with E-state index in [1.54, 1.807) is 13.2 Å². The van der Waals surface area contributed by atoms with Crippen molar-refractivity contribution in [1.82, 2.24) is 0 Å². The molecule has 0 rings (SSSR count). The van der Waals surface area contributed by atoms with Gasteiger partial charge in [-0.3, -0.25) is 0 Å². The van der Waals surface area contributed by atoms with Crippen LogP contribution in [0.25, 0.3) is 0 Å². The second kappa shape index (κ2) is 20.8. The summed E-state index contributed by atoms with van der Waals surface area (Å²) >= 11 is 0. The van der Waals surface area contributed by atoms with Gasteiger partial charge in [-0.05, 0) is 31.9 Å². The molecular weight excluding hydrogens is 388 g/mol. The van der Waals surface area contributed by atoms with Crippen LogP contribution < -0.4 is 0 Å². The van der Waals surface area contributed by atoms with E-state index in [-0.39, 0.29) is 25.8 Å². The molecular formula is C23H42O7. The summed E-state index contributed by atoms with van der Waals surface area (Å²) in [7, 11) is 4.45. The second-order valence-corrected chi connectivity index (χ2v) is 7.34. The SMILES string of the molecule is COCOC(/C=C/C(=O)OC)=C/[C@@H](CCCCCCCCCC[C@H](C)O)OCOC. The Morgan fingerprint density at radius 2 is 1.40 bits per heavy atom. The molecule has 2 atom stereocenters. The summed E-state index contributed by atoms with van der Waals surface area (Å²) in [5, 5.41) is 9.25. The van der Waals surface area contributed by atoms with Crippen LogP contribution in [-0.4, -0.2) is 58.2 Å². The topological polar surface area (TPSA) is 83.5 Å². The Bertz CT molecular complexity index is 460. The van der Waals surface area contributed by atoms with Gasteiger partial charge in [0.25, 0.3) is 0 Å². The highest BCUT2D eigenvalue weighted by Gasteiger charge is 2.09. The van der Waals surface area contributed by atoms with Crippen molar-refractivity contribution in [2.75, 3.05) is 34.9 Å². The average Bonchev–Trinajstić information content (AvgIpc) is 2.74. The molecule has 0 fully saturated rings. The molecule has 0 saturated carbocycles. The number of esters is 1. The summed E-state index contributed by atoms with van der Waals surface area (Å²) in [5.74, 6) is 0.0303. The van der Waals surface area contributed by atoms with Crippen LogP contribution >= 0.6 is 0 Å². The molecule has 0 amide bonds. The molecule has 0 aromatic carbocycles. The number of carbonyl (C=O) groups is 1. The van der Waals surface area contributed by atoms with Gasteiger partial charge in [-0.2, -0.15) is 0 Å². The molecule has 7 heteroatoms. The van der Waals surface area contributed by atoms with Gasteiger partial charge in [-0.1, -0.05) is 51.4 Å². The first-order chi connectivity index (χ1) is 14.5. The highest BCUT2D eigenvalue weighted by Crippen LogP contribution is 2.15. The van der Waals surface area contributed by atoms with E-state index < -0.39 is 5.97 Å². The first-order valence-electron chi connectivity index (χ1n) is 10.9. The minimum absolute atomic E-state index is 0.0750. The first kappa shape index (κ1) is 28.6. The Labute approximate surface area is 182 Å². The minimum atomic E-state index is -0.456. The zero-order valence-corrected chi connectivity index (χ0v) is 19.3. The fraction of sp³-hybridized carbons (Fsp3) is 0.783. The van der Waals surface area contributed by atoms with E-state index in [1.807, 2.05) is 13.0 Å². The van der Waals surface area contributed by atoms with Crippen molar-refractivity contribution >= 4 is 5.97 Å². The third-order valence-electron chi connectivity index (χ3n) is 4.54. The number of hydrogen-bond donors (Lipinski definition) is 1. The molecule has 0 aromatic rings. The predicted molar refractivity (Wildman–Crippen MR) is 117 cm³/mol. The second-order valence-electron chi connectivity index (χ2n) is 7.34. The average molecular weight is 431 g/mol. The lowest BCUT2D eigenvalue weighted by Crippen LogP contribution is -2.13. The van der Waals surface area contributed by atoms with Gasteiger partial charge >= 0.3 is 5.97 Å². The van der Waals surface area contributed by atoms with E-state index >= 15 is 0 Å². The number of aliphatic hydroxyl groups is 1. The third-order valence-corrected chi connectivity index (χ3v) is 4.54. The summed E-state index contributed by atoms with van der Waals surface area (Å²) in [6, 6.07) is 0. The van der Waals surface area contributed by atoms with Gasteiger partial charge < -0.3 is 28.8 Å². The molecule has 0 aliphatic heterocycles. The normalized spacial score (nSPS) is 14.1. The molecule has 176 valence electrons. The molecule has 0 aromatic heterocycles. The summed E-state index contributed by atoms with van der Waals surface area (Å²) in [5.41, 5.74) is 0. The van der Waals surface area contributed by atoms with Crippen molar-refractivity contribution < 1.29 is 33.6 Å². The molecule has 7 nitrogen and oxygen atoms in total. The van der Waals surface area contributed by atoms with Crippen LogP contribution in [0, 0.1) is 0 Å². The molecule has 1 N–H and O–H groups in total. The number of allylic oxidation sites excluding steroid dienone is 1. The Balaban J connectivity index is 4.34. The van der Waals surface area contributed by atoms with Gasteiger partial charge in [0.2, 0.25) is 0 Å². The van der Waals surface area contributed by atoms with Gasteiger partial charge in [-0.25, -0.2) is 4.79 Å². The summed E-state index contributed by atoms with van der Waals surface area (Å²) in [6.07, 6.45) is 15.5. The summed E-state index contributed by atoms with van der Waals surface area (Å²) < 4.78 is 25.8. The number of ether oxygens (including phenoxy) is 5. The fourth-order valence-electron chi connectivity index (χ4n) is 2.90. The lowest BCUT2D eigenvalue weighted by molar-refractivity contribution is -0.134. The van der Waals surface area contributed by atoms with Gasteiger partial charge in [-0.15, -0.1) is 0 Å². The minimum Gasteiger partial charge on any atom is -0.468 e. The van der Waals surface area contributed by atoms with E-state index in [0.717, 1.165) is 32.1 Å². The number of carbonyl (C=O) groups excluding carboxylic acids is 1. The van der Waals surface area contributed by atoms with Crippen LogP contribution in [0.2, 0.25) is 0 Å². The standard InChI is InChI=1S/C23H42O7/c1-20(24)13-11-9-7-5-6-8-10-12-14-21(29-18-26-2)17-22(30-19-27-3)15-16-23(25)28-4/h15-17,20-21,24H,5-14,18-19H2,1-4H3/b16-15+,22-17+/t20-,21+/m0/s1. The zero-order valence-electron chi connectivity index (χ0n) is 19.3. The van der Waals surface area contributed by atoms with E-state index in [4.69, 9.17) is 18.9 Å². The largest absolute Gasteiger partial charge is 0.468 e. The van der Waals surface area contributed by atoms with Crippen molar-refractivity contribution in [2.45, 2.75) is 83.3 Å². The Hall–Kier alpha value is -1.41. The van der Waals surface area contributed by atoms with Crippen LogP contribution in [0.5, 0.6) is 0 Å². The highest BCUT2D eigenvalue weighted by atomic mass is 16.7. The van der Waals surface area contributed by atoms with Crippen molar-refractivity contribution in [3.63, 3.8) is 0 Å². The number of unbranched alkanes of at least 4 members (excludes halogenated alkanes) is 7. The van der Waals surface area contributed by atoms with Crippen LogP contribution in [0.15, 0.2) is 24.0 Å². The van der Waals surface area contributed by atoms with Gasteiger partial charge in [0.15, 0.2) is 6.79 Å². The van der Waals surface area contributed by atoms with Gasteiger partial charge in [0.1, 0.15) is 12.6 Å². The van der Waals surface area contributed by atoms with Crippen molar-refractivity contribution in [3.8, 4) is 0 Å². The number of methoxy groups -OCH3 is 3. The van der Waals surface area contributed by atoms with Gasteiger partial charge in [0, 0.05) is 20.3 Å². The van der Waals surface area contributed by atoms with Gasteiger partial charge in [0.05, 0.1) is 19.3 Å². The zero-order chi connectivity index (χ0) is 22.5. The molecule has 0 saturated heterocycles. The molecule has 0 spiro atoms. The summed E-state index contributed by atoms with van der Waals surface area (Å²) in [4.78, 5) is 11.3. The lowest BCUT2D eigenvalue weighted by atomic mass is 10.0. The predicted octanol–water partition coefficient (Wildman–Crippen LogP) is 4.49. The van der Waals surface area contributed by atoms with Crippen molar-refractivity contribution in [3.05, 3.63) is 24.0 Å². The lowest BCUT2D eigenvalue weighted by Gasteiger charge is -2.15. The number of aliphatic hydroxyl groups excluding tert-OH is 1. The van der Waals surface area contributed by atoms with Crippen LogP contribution in [0.3, 0.4) is 0 Å². The first-order valence-corrected chi connectivity index (χ1v) is 10.9. The smallest absolute Gasteiger partial charge is 0.330 e. The number of hydrogen-bond acceptors (Lipinski definition) is 7. The van der Waals surface area contributed by atoms with E-state index in [0.29, 0.717) is 5.76 Å². The van der Waals surface area contributed by atoms with E-state index in [1.165, 1.54) is 52.4 Å². The maximum Gasteiger partial charge on any atom is 0.330 e. The molecule has 30 heavy (non-hydrogen) atoms. The van der Waals surface area contributed by atoms with Crippen molar-refractivity contribution in [2.24, 2.45) is 0 Å². The van der Waals surface area contributed by atoms with E-state index in [2.05, 4.69) is 4.74 Å². The Morgan fingerprint density at radius 3 is 1.93 bits per heavy atom. The van der Waals surface area contributed by atoms with Crippen LogP contribution in [-0.2, 0) is 28.5 Å². The Morgan fingerprint density at radius 1 is 0.833 bits per heavy atom. The maximum atomic E-state index is 11.3. The molecule has 0 aliphatic carbocycles. The van der Waals surface area contributed by atoms with E-state index in [9.17, 15) is 9.90 Å². The monoisotopic (exact) mass is 430 g/mol. The maximum absolute atomic E-state index is 11.3. The fourth-order valence-corrected chi connectivity index (χ4v) is 2.90. The molecule has 0 bridgehead atoms. The Kier molecular flexibility index (Phi) is 19.9. The number of rotatable bonds is 20. The van der Waals surface area contributed by atoms with Crippen molar-refractivity contribution in [1.29, 1.82) is 0 Å². The molecule has 0 heterocycles. The highest BCUT2D eigenvalue weighted by molar-refractivity contribution is 5.82.